The van der Waals surface area contributed by atoms with E-state index < -0.39 is 14.9 Å². The van der Waals surface area contributed by atoms with Crippen molar-refractivity contribution in [3.8, 4) is 0 Å². The Hall–Kier alpha value is -1.13. The summed E-state index contributed by atoms with van der Waals surface area (Å²) in [5.41, 5.74) is 1.98. The van der Waals surface area contributed by atoms with Gasteiger partial charge in [0.05, 0.1) is 0 Å². The van der Waals surface area contributed by atoms with E-state index >= 15 is 0 Å². The molecule has 1 N–H and O–H groups in total. The maximum absolute atomic E-state index is 11.7. The Morgan fingerprint density at radius 1 is 1.29 bits per heavy atom. The van der Waals surface area contributed by atoms with Crippen LogP contribution in [-0.4, -0.2) is 17.7 Å². The van der Waals surface area contributed by atoms with Crippen LogP contribution >= 0.6 is 0 Å². The first kappa shape index (κ1) is 12.3. The third kappa shape index (κ3) is 1.91. The molecule has 1 aliphatic carbocycles. The molecule has 0 aromatic heterocycles. The Kier molecular flexibility index (Phi) is 2.87. The van der Waals surface area contributed by atoms with Crippen molar-refractivity contribution in [2.75, 3.05) is 0 Å². The summed E-state index contributed by atoms with van der Waals surface area (Å²) in [5, 5.41) is 0. The van der Waals surface area contributed by atoms with E-state index in [9.17, 15) is 13.0 Å². The number of hydrogen-bond acceptors (Lipinski definition) is 2. The average molecular weight is 252 g/mol. The largest absolute Gasteiger partial charge is 0.285 e. The van der Waals surface area contributed by atoms with Gasteiger partial charge < -0.3 is 0 Å². The lowest BCUT2D eigenvalue weighted by Crippen LogP contribution is -2.44. The van der Waals surface area contributed by atoms with E-state index in [1.807, 2.05) is 38.1 Å². The Bertz CT molecular complexity index is 558. The minimum absolute atomic E-state index is 0.179. The molecule has 1 aromatic carbocycles. The SMILES string of the molecule is CC(C)C1(S(=O)(=O)O)C=Cc2ccccc2C1. The Morgan fingerprint density at radius 3 is 2.53 bits per heavy atom. The van der Waals surface area contributed by atoms with E-state index in [1.54, 1.807) is 12.2 Å². The Labute approximate surface area is 102 Å². The van der Waals surface area contributed by atoms with Crippen molar-refractivity contribution >= 4 is 16.2 Å². The van der Waals surface area contributed by atoms with Crippen molar-refractivity contribution in [1.29, 1.82) is 0 Å². The van der Waals surface area contributed by atoms with E-state index in [0.29, 0.717) is 6.42 Å². The summed E-state index contributed by atoms with van der Waals surface area (Å²) in [5.74, 6) is -0.179. The van der Waals surface area contributed by atoms with Crippen molar-refractivity contribution < 1.29 is 13.0 Å². The summed E-state index contributed by atoms with van der Waals surface area (Å²) in [7, 11) is -4.12. The van der Waals surface area contributed by atoms with Crippen LogP contribution in [0.3, 0.4) is 0 Å². The van der Waals surface area contributed by atoms with Crippen LogP contribution in [0.25, 0.3) is 6.08 Å². The zero-order valence-corrected chi connectivity index (χ0v) is 10.7. The quantitative estimate of drug-likeness (QED) is 0.823. The van der Waals surface area contributed by atoms with E-state index in [1.165, 1.54) is 0 Å². The predicted molar refractivity (Wildman–Crippen MR) is 68.3 cm³/mol. The second kappa shape index (κ2) is 3.96. The maximum Gasteiger partial charge on any atom is 0.274 e. The third-order valence-corrected chi connectivity index (χ3v) is 5.24. The van der Waals surface area contributed by atoms with Gasteiger partial charge in [-0.2, -0.15) is 8.42 Å². The van der Waals surface area contributed by atoms with Crippen LogP contribution in [0, 0.1) is 5.92 Å². The van der Waals surface area contributed by atoms with Gasteiger partial charge in [0.25, 0.3) is 10.1 Å². The topological polar surface area (TPSA) is 54.4 Å². The summed E-state index contributed by atoms with van der Waals surface area (Å²) in [4.78, 5) is 0. The molecule has 92 valence electrons. The minimum atomic E-state index is -4.12. The zero-order chi connectivity index (χ0) is 12.7. The monoisotopic (exact) mass is 252 g/mol. The van der Waals surface area contributed by atoms with Crippen molar-refractivity contribution in [1.82, 2.24) is 0 Å². The van der Waals surface area contributed by atoms with Gasteiger partial charge in [-0.25, -0.2) is 0 Å². The van der Waals surface area contributed by atoms with Gasteiger partial charge in [-0.05, 0) is 23.5 Å². The minimum Gasteiger partial charge on any atom is -0.285 e. The highest BCUT2D eigenvalue weighted by molar-refractivity contribution is 7.87. The first-order valence-electron chi connectivity index (χ1n) is 5.61. The number of hydrogen-bond donors (Lipinski definition) is 1. The fourth-order valence-corrected chi connectivity index (χ4v) is 3.49. The Morgan fingerprint density at radius 2 is 1.94 bits per heavy atom. The molecule has 0 amide bonds. The fourth-order valence-electron chi connectivity index (χ4n) is 2.32. The van der Waals surface area contributed by atoms with E-state index in [-0.39, 0.29) is 5.92 Å². The lowest BCUT2D eigenvalue weighted by Gasteiger charge is -2.34. The smallest absolute Gasteiger partial charge is 0.274 e. The number of rotatable bonds is 2. The Balaban J connectivity index is 2.57. The van der Waals surface area contributed by atoms with Gasteiger partial charge in [0.15, 0.2) is 0 Å². The highest BCUT2D eigenvalue weighted by Crippen LogP contribution is 2.37. The van der Waals surface area contributed by atoms with E-state index in [0.717, 1.165) is 11.1 Å². The van der Waals surface area contributed by atoms with Crippen LogP contribution in [0.1, 0.15) is 25.0 Å². The van der Waals surface area contributed by atoms with Crippen LogP contribution < -0.4 is 0 Å². The highest BCUT2D eigenvalue weighted by Gasteiger charge is 2.45. The maximum atomic E-state index is 11.7. The molecule has 0 bridgehead atoms. The van der Waals surface area contributed by atoms with Gasteiger partial charge in [0.2, 0.25) is 0 Å². The average Bonchev–Trinajstić information content (AvgIpc) is 2.26. The molecular weight excluding hydrogens is 236 g/mol. The highest BCUT2D eigenvalue weighted by atomic mass is 32.2. The van der Waals surface area contributed by atoms with E-state index in [2.05, 4.69) is 0 Å². The molecule has 0 aliphatic heterocycles. The van der Waals surface area contributed by atoms with Gasteiger partial charge in [0.1, 0.15) is 4.75 Å². The molecule has 1 atom stereocenters. The van der Waals surface area contributed by atoms with Gasteiger partial charge in [-0.3, -0.25) is 4.55 Å². The molecule has 1 aromatic rings. The summed E-state index contributed by atoms with van der Waals surface area (Å²) >= 11 is 0. The van der Waals surface area contributed by atoms with Crippen molar-refractivity contribution in [3.63, 3.8) is 0 Å². The third-order valence-electron chi connectivity index (χ3n) is 3.52. The molecule has 4 heteroatoms. The normalized spacial score (nSPS) is 23.8. The van der Waals surface area contributed by atoms with Crippen molar-refractivity contribution in [2.45, 2.75) is 25.0 Å². The van der Waals surface area contributed by atoms with Crippen LogP contribution in [0.15, 0.2) is 30.3 Å². The fraction of sp³-hybridized carbons (Fsp3) is 0.385. The molecular formula is C13H16O3S. The van der Waals surface area contributed by atoms with Crippen LogP contribution in [0.5, 0.6) is 0 Å². The molecule has 1 unspecified atom stereocenters. The van der Waals surface area contributed by atoms with Crippen LogP contribution in [0.4, 0.5) is 0 Å². The molecule has 1 aliphatic rings. The molecule has 0 heterocycles. The lowest BCUT2D eigenvalue weighted by atomic mass is 9.82. The molecule has 3 nitrogen and oxygen atoms in total. The number of benzene rings is 1. The molecule has 17 heavy (non-hydrogen) atoms. The molecule has 0 fully saturated rings. The first-order valence-corrected chi connectivity index (χ1v) is 7.05. The summed E-state index contributed by atoms with van der Waals surface area (Å²) in [6.07, 6.45) is 3.73. The predicted octanol–water partition coefficient (Wildman–Crippen LogP) is 2.54. The second-order valence-corrected chi connectivity index (χ2v) is 6.50. The summed E-state index contributed by atoms with van der Waals surface area (Å²) in [6.45, 7) is 3.62. The summed E-state index contributed by atoms with van der Waals surface area (Å²) in [6, 6.07) is 7.65. The van der Waals surface area contributed by atoms with Gasteiger partial charge in [-0.15, -0.1) is 0 Å². The molecule has 2 rings (SSSR count). The molecule has 0 radical (unpaired) electrons. The van der Waals surface area contributed by atoms with Crippen LogP contribution in [-0.2, 0) is 16.5 Å². The van der Waals surface area contributed by atoms with Crippen molar-refractivity contribution in [2.24, 2.45) is 5.92 Å². The first-order chi connectivity index (χ1) is 7.87. The van der Waals surface area contributed by atoms with E-state index in [4.69, 9.17) is 0 Å². The lowest BCUT2D eigenvalue weighted by molar-refractivity contribution is 0.396. The van der Waals surface area contributed by atoms with Gasteiger partial charge in [0, 0.05) is 0 Å². The molecule has 0 saturated heterocycles. The van der Waals surface area contributed by atoms with Crippen molar-refractivity contribution in [3.05, 3.63) is 41.5 Å². The molecule has 0 saturated carbocycles. The van der Waals surface area contributed by atoms with Gasteiger partial charge in [-0.1, -0.05) is 50.3 Å². The number of fused-ring (bicyclic) bond motifs is 1. The summed E-state index contributed by atoms with van der Waals surface area (Å²) < 4.78 is 31.6. The zero-order valence-electron chi connectivity index (χ0n) is 9.92. The van der Waals surface area contributed by atoms with Gasteiger partial charge >= 0.3 is 0 Å². The second-order valence-electron chi connectivity index (χ2n) is 4.79. The standard InChI is InChI=1S/C13H16O3S/c1-10(2)13(17(14,15)16)8-7-11-5-3-4-6-12(11)9-13/h3-8,10H,9H2,1-2H3,(H,14,15,16). The molecule has 0 spiro atoms. The van der Waals surface area contributed by atoms with Crippen LogP contribution in [0.2, 0.25) is 0 Å².